The van der Waals surface area contributed by atoms with Crippen LogP contribution in [0.25, 0.3) is 21.7 Å². The van der Waals surface area contributed by atoms with E-state index in [1.807, 2.05) is 35.8 Å². The highest BCUT2D eigenvalue weighted by Crippen LogP contribution is 2.30. The van der Waals surface area contributed by atoms with Crippen molar-refractivity contribution in [3.05, 3.63) is 53.8 Å². The molecular formula is C18H16N6OS. The molecule has 3 heterocycles. The van der Waals surface area contributed by atoms with Gasteiger partial charge in [-0.3, -0.25) is 4.79 Å². The Morgan fingerprint density at radius 2 is 2.08 bits per heavy atom. The molecule has 0 fully saturated rings. The molecule has 7 nitrogen and oxygen atoms in total. The third-order valence-electron chi connectivity index (χ3n) is 3.97. The Balaban J connectivity index is 1.70. The lowest BCUT2D eigenvalue weighted by Gasteiger charge is -2.09. The number of carbonyl (C=O) groups excluding carboxylic acids is 1. The molecular weight excluding hydrogens is 348 g/mol. The van der Waals surface area contributed by atoms with E-state index in [1.165, 1.54) is 17.5 Å². The number of amides is 1. The van der Waals surface area contributed by atoms with Gasteiger partial charge < -0.3 is 15.6 Å². The summed E-state index contributed by atoms with van der Waals surface area (Å²) in [6.45, 7) is 2.08. The van der Waals surface area contributed by atoms with Gasteiger partial charge in [0, 0.05) is 0 Å². The number of para-hydroxylation sites is 2. The van der Waals surface area contributed by atoms with E-state index in [4.69, 9.17) is 10.7 Å². The standard InChI is InChI=1S/C18H16N6OS/c1-11-17(26-10-21-11)18-23-13-4-2-3-5-14(13)24(18)9-16(25)22-12-6-7-15(19)20-8-12/h2-8,10H,9H2,1H3,(H2,19,20)(H,22,25). The Morgan fingerprint density at radius 1 is 1.23 bits per heavy atom. The molecule has 1 aromatic carbocycles. The van der Waals surface area contributed by atoms with E-state index in [9.17, 15) is 4.79 Å². The van der Waals surface area contributed by atoms with Crippen molar-refractivity contribution in [3.8, 4) is 10.7 Å². The Labute approximate surface area is 153 Å². The maximum absolute atomic E-state index is 12.6. The highest BCUT2D eigenvalue weighted by molar-refractivity contribution is 7.13. The summed E-state index contributed by atoms with van der Waals surface area (Å²) in [4.78, 5) is 26.5. The van der Waals surface area contributed by atoms with E-state index < -0.39 is 0 Å². The van der Waals surface area contributed by atoms with Crippen molar-refractivity contribution in [1.82, 2.24) is 19.5 Å². The summed E-state index contributed by atoms with van der Waals surface area (Å²) in [6, 6.07) is 11.1. The molecule has 0 aliphatic carbocycles. The molecule has 8 heteroatoms. The molecule has 0 bridgehead atoms. The summed E-state index contributed by atoms with van der Waals surface area (Å²) < 4.78 is 1.91. The second-order valence-corrected chi connectivity index (χ2v) is 6.65. The summed E-state index contributed by atoms with van der Waals surface area (Å²) in [5.74, 6) is 0.992. The van der Waals surface area contributed by atoms with Crippen molar-refractivity contribution in [2.45, 2.75) is 13.5 Å². The van der Waals surface area contributed by atoms with Crippen LogP contribution < -0.4 is 11.1 Å². The lowest BCUT2D eigenvalue weighted by Crippen LogP contribution is -2.19. The maximum atomic E-state index is 12.6. The molecule has 26 heavy (non-hydrogen) atoms. The number of nitrogens with zero attached hydrogens (tertiary/aromatic N) is 4. The van der Waals surface area contributed by atoms with Crippen molar-refractivity contribution < 1.29 is 4.79 Å². The van der Waals surface area contributed by atoms with Gasteiger partial charge in [-0.2, -0.15) is 0 Å². The first kappa shape index (κ1) is 16.2. The largest absolute Gasteiger partial charge is 0.384 e. The predicted octanol–water partition coefficient (Wildman–Crippen LogP) is 3.08. The molecule has 0 saturated heterocycles. The smallest absolute Gasteiger partial charge is 0.244 e. The number of imidazole rings is 1. The Hall–Kier alpha value is -3.26. The van der Waals surface area contributed by atoms with Crippen LogP contribution in [-0.2, 0) is 11.3 Å². The molecule has 0 radical (unpaired) electrons. The van der Waals surface area contributed by atoms with E-state index >= 15 is 0 Å². The number of fused-ring (bicyclic) bond motifs is 1. The van der Waals surface area contributed by atoms with Gasteiger partial charge in [0.15, 0.2) is 5.82 Å². The van der Waals surface area contributed by atoms with Gasteiger partial charge in [-0.1, -0.05) is 12.1 Å². The Bertz CT molecular complexity index is 1080. The van der Waals surface area contributed by atoms with E-state index in [0.29, 0.717) is 11.5 Å². The maximum Gasteiger partial charge on any atom is 0.244 e. The number of aromatic nitrogens is 4. The van der Waals surface area contributed by atoms with E-state index in [-0.39, 0.29) is 12.5 Å². The third kappa shape index (κ3) is 3.02. The van der Waals surface area contributed by atoms with Crippen LogP contribution in [0.15, 0.2) is 48.1 Å². The van der Waals surface area contributed by atoms with Crippen molar-refractivity contribution in [3.63, 3.8) is 0 Å². The molecule has 0 unspecified atom stereocenters. The molecule has 3 aromatic heterocycles. The summed E-state index contributed by atoms with van der Waals surface area (Å²) in [5, 5.41) is 2.84. The lowest BCUT2D eigenvalue weighted by molar-refractivity contribution is -0.116. The first-order chi connectivity index (χ1) is 12.6. The van der Waals surface area contributed by atoms with Crippen LogP contribution in [0.2, 0.25) is 0 Å². The summed E-state index contributed by atoms with van der Waals surface area (Å²) in [6.07, 6.45) is 1.54. The Morgan fingerprint density at radius 3 is 2.81 bits per heavy atom. The second kappa shape index (κ2) is 6.57. The molecule has 0 saturated carbocycles. The van der Waals surface area contributed by atoms with E-state index in [0.717, 1.165) is 27.4 Å². The number of hydrogen-bond acceptors (Lipinski definition) is 6. The number of nitrogens with one attached hydrogen (secondary N) is 1. The molecule has 3 N–H and O–H groups in total. The van der Waals surface area contributed by atoms with Crippen LogP contribution in [0.3, 0.4) is 0 Å². The number of rotatable bonds is 4. The van der Waals surface area contributed by atoms with Gasteiger partial charge in [0.1, 0.15) is 12.4 Å². The average molecular weight is 364 g/mol. The summed E-state index contributed by atoms with van der Waals surface area (Å²) >= 11 is 1.51. The average Bonchev–Trinajstić information content (AvgIpc) is 3.21. The van der Waals surface area contributed by atoms with Crippen molar-refractivity contribution in [1.29, 1.82) is 0 Å². The first-order valence-corrected chi connectivity index (χ1v) is 8.87. The number of aryl methyl sites for hydroxylation is 1. The molecule has 0 aliphatic heterocycles. The predicted molar refractivity (Wildman–Crippen MR) is 103 cm³/mol. The number of pyridine rings is 1. The minimum atomic E-state index is -0.164. The fourth-order valence-corrected chi connectivity index (χ4v) is 3.55. The second-order valence-electron chi connectivity index (χ2n) is 5.80. The number of anilines is 2. The molecule has 130 valence electrons. The SMILES string of the molecule is Cc1ncsc1-c1nc2ccccc2n1CC(=O)Nc1ccc(N)nc1. The van der Waals surface area contributed by atoms with E-state index in [2.05, 4.69) is 15.3 Å². The number of carbonyl (C=O) groups is 1. The molecule has 0 atom stereocenters. The minimum Gasteiger partial charge on any atom is -0.384 e. The number of nitrogens with two attached hydrogens (primary N) is 1. The Kier molecular flexibility index (Phi) is 4.10. The highest BCUT2D eigenvalue weighted by Gasteiger charge is 2.18. The zero-order chi connectivity index (χ0) is 18.1. The number of nitrogen functional groups attached to an aromatic ring is 1. The van der Waals surface area contributed by atoms with Gasteiger partial charge in [-0.25, -0.2) is 15.0 Å². The van der Waals surface area contributed by atoms with Crippen LogP contribution in [0, 0.1) is 6.92 Å². The number of thiazole rings is 1. The summed E-state index contributed by atoms with van der Waals surface area (Å²) in [7, 11) is 0. The van der Waals surface area contributed by atoms with Crippen molar-refractivity contribution in [2.75, 3.05) is 11.1 Å². The summed E-state index contributed by atoms with van der Waals surface area (Å²) in [5.41, 5.74) is 10.6. The minimum absolute atomic E-state index is 0.136. The van der Waals surface area contributed by atoms with Crippen LogP contribution in [-0.4, -0.2) is 25.4 Å². The van der Waals surface area contributed by atoms with Crippen LogP contribution in [0.4, 0.5) is 11.5 Å². The van der Waals surface area contributed by atoms with E-state index in [1.54, 1.807) is 17.6 Å². The van der Waals surface area contributed by atoms with Gasteiger partial charge in [0.25, 0.3) is 0 Å². The number of benzene rings is 1. The molecule has 0 spiro atoms. The van der Waals surface area contributed by atoms with Gasteiger partial charge in [-0.15, -0.1) is 11.3 Å². The number of hydrogen-bond donors (Lipinski definition) is 2. The zero-order valence-corrected chi connectivity index (χ0v) is 14.8. The van der Waals surface area contributed by atoms with Crippen LogP contribution >= 0.6 is 11.3 Å². The fourth-order valence-electron chi connectivity index (χ4n) is 2.75. The first-order valence-electron chi connectivity index (χ1n) is 7.99. The monoisotopic (exact) mass is 364 g/mol. The van der Waals surface area contributed by atoms with Gasteiger partial charge in [-0.05, 0) is 31.2 Å². The zero-order valence-electron chi connectivity index (χ0n) is 14.0. The molecule has 1 amide bonds. The molecule has 0 aliphatic rings. The van der Waals surface area contributed by atoms with Crippen LogP contribution in [0.5, 0.6) is 0 Å². The van der Waals surface area contributed by atoms with Crippen LogP contribution in [0.1, 0.15) is 5.69 Å². The van der Waals surface area contributed by atoms with Crippen molar-refractivity contribution >= 4 is 39.8 Å². The topological polar surface area (TPSA) is 98.7 Å². The van der Waals surface area contributed by atoms with Crippen molar-refractivity contribution in [2.24, 2.45) is 0 Å². The van der Waals surface area contributed by atoms with Gasteiger partial charge in [0.2, 0.25) is 5.91 Å². The van der Waals surface area contributed by atoms with Gasteiger partial charge >= 0.3 is 0 Å². The van der Waals surface area contributed by atoms with Gasteiger partial charge in [0.05, 0.1) is 39.0 Å². The lowest BCUT2D eigenvalue weighted by atomic mass is 10.3. The fraction of sp³-hybridized carbons (Fsp3) is 0.111. The highest BCUT2D eigenvalue weighted by atomic mass is 32.1. The molecule has 4 rings (SSSR count). The third-order valence-corrected chi connectivity index (χ3v) is 4.90. The quantitative estimate of drug-likeness (QED) is 0.580. The molecule has 4 aromatic rings. The normalized spacial score (nSPS) is 11.0.